The first-order valence-electron chi connectivity index (χ1n) is 24.6. The van der Waals surface area contributed by atoms with Gasteiger partial charge in [0.05, 0.1) is 11.8 Å². The third kappa shape index (κ3) is 9.27. The monoisotopic (exact) mass is 912 g/mol. The highest BCUT2D eigenvalue weighted by Gasteiger charge is 2.72. The number of allylic oxidation sites excluding steroid dienone is 1. The molecule has 6 aliphatic carbocycles. The molecule has 1 saturated heterocycles. The Bertz CT molecular complexity index is 1870. The Balaban J connectivity index is 0.000000806. The van der Waals surface area contributed by atoms with Gasteiger partial charge in [0.15, 0.2) is 0 Å². The molecule has 0 bridgehead atoms. The average Bonchev–Trinajstić information content (AvgIpc) is 3.62. The van der Waals surface area contributed by atoms with E-state index in [1.54, 1.807) is 13.8 Å². The van der Waals surface area contributed by atoms with Gasteiger partial charge in [-0.05, 0) is 168 Å². The van der Waals surface area contributed by atoms with Crippen LogP contribution < -0.4 is 27.5 Å². The number of hydrazine groups is 1. The number of ether oxygens (including phenoxy) is 1. The number of carboxylic acid groups (broad SMARTS) is 3. The van der Waals surface area contributed by atoms with Crippen molar-refractivity contribution in [3.63, 3.8) is 0 Å². The number of hydrogen-bond donors (Lipinski definition) is 6. The van der Waals surface area contributed by atoms with Crippen molar-refractivity contribution in [3.05, 3.63) is 12.2 Å². The lowest BCUT2D eigenvalue weighted by molar-refractivity contribution is -0.471. The lowest BCUT2D eigenvalue weighted by Crippen LogP contribution is -2.84. The molecule has 6 saturated carbocycles. The second-order valence-electron chi connectivity index (χ2n) is 24.2. The number of piperidine rings is 1. The number of likely N-dealkylation sites (tertiary alicyclic amines) is 1. The molecule has 4 unspecified atom stereocenters. The van der Waals surface area contributed by atoms with Crippen molar-refractivity contribution >= 4 is 35.7 Å². The Kier molecular flexibility index (Phi) is 15.0. The van der Waals surface area contributed by atoms with Crippen molar-refractivity contribution in [1.82, 2.24) is 4.90 Å². The lowest BCUT2D eigenvalue weighted by Gasteiger charge is -2.73. The van der Waals surface area contributed by atoms with E-state index >= 15 is 4.79 Å². The zero-order valence-electron chi connectivity index (χ0n) is 41.5. The molecule has 7 rings (SSSR count). The highest BCUT2D eigenvalue weighted by Crippen LogP contribution is 2.78. The van der Waals surface area contributed by atoms with Crippen molar-refractivity contribution < 1.29 is 49.1 Å². The highest BCUT2D eigenvalue weighted by atomic mass is 16.6. The molecule has 0 aromatic rings. The van der Waals surface area contributed by atoms with Crippen LogP contribution in [0.5, 0.6) is 0 Å². The van der Waals surface area contributed by atoms with Gasteiger partial charge in [0.25, 0.3) is 0 Å². The minimum absolute atomic E-state index is 0.0324. The number of carbonyl (C=O) groups is 5. The van der Waals surface area contributed by atoms with Gasteiger partial charge in [0.1, 0.15) is 11.9 Å². The van der Waals surface area contributed by atoms with Gasteiger partial charge in [0, 0.05) is 36.3 Å². The first-order chi connectivity index (χ1) is 30.0. The van der Waals surface area contributed by atoms with Crippen molar-refractivity contribution in [1.29, 1.82) is 0 Å². The zero-order valence-corrected chi connectivity index (χ0v) is 41.5. The van der Waals surface area contributed by atoms with Crippen LogP contribution in [-0.2, 0) is 23.9 Å². The van der Waals surface area contributed by atoms with E-state index in [2.05, 4.69) is 72.7 Å². The Morgan fingerprint density at radius 1 is 0.815 bits per heavy atom. The van der Waals surface area contributed by atoms with Crippen LogP contribution in [-0.4, -0.2) is 70.1 Å². The van der Waals surface area contributed by atoms with Crippen molar-refractivity contribution in [3.8, 4) is 0 Å². The van der Waals surface area contributed by atoms with Crippen LogP contribution in [0.3, 0.4) is 0 Å². The molecule has 7 fully saturated rings. The molecular weight excluding hydrogens is 827 g/mol. The van der Waals surface area contributed by atoms with E-state index in [-0.39, 0.29) is 62.8 Å². The standard InChI is InChI=1S/C49H77NO6.CH6N4.CH2O3/c1-30(2)32-17-22-49(37(51)28-31-27-34(44(31,5)6)41(53)50-25-13-12-14-26-50)24-23-47(10)33(40(32)49)15-16-36-46(9)20-19-38(56-39(52)29-43(3,4)42(54)55)45(7,8)35(46)18-21-48(36,47)11;2-1(3)5-4;2-1(3)4/h31-36,38,40H,1,12-29H2,2-11H3,(H,54,55);4H2,(H4,2,3,5);(H2,2,3,4)/t31-,32-,33?,34+,35?,36?,38-,40?,46-,47+,48+,49+;;/m0../s1. The summed E-state index contributed by atoms with van der Waals surface area (Å²) in [6.45, 7) is 28.7. The number of esters is 1. The van der Waals surface area contributed by atoms with Crippen molar-refractivity contribution in [2.24, 2.45) is 96.6 Å². The first-order valence-corrected chi connectivity index (χ1v) is 24.6. The summed E-state index contributed by atoms with van der Waals surface area (Å²) >= 11 is 0. The molecule has 0 aromatic heterocycles. The molecule has 1 amide bonds. The highest BCUT2D eigenvalue weighted by molar-refractivity contribution is 5.87. The van der Waals surface area contributed by atoms with Gasteiger partial charge in [-0.2, -0.15) is 5.10 Å². The normalized spacial score (nSPS) is 38.6. The van der Waals surface area contributed by atoms with Crippen LogP contribution in [0.25, 0.3) is 0 Å². The topological polar surface area (TPSA) is 253 Å². The predicted octanol–water partition coefficient (Wildman–Crippen LogP) is 5.79. The summed E-state index contributed by atoms with van der Waals surface area (Å²) in [4.78, 5) is 64.2. The lowest BCUT2D eigenvalue weighted by atomic mass is 9.32. The third-order valence-corrected chi connectivity index (χ3v) is 20.0. The molecule has 0 aromatic carbocycles. The molecule has 14 heteroatoms. The number of amides is 1. The van der Waals surface area contributed by atoms with E-state index in [9.17, 15) is 19.5 Å². The number of carboxylic acids is 1. The average molecular weight is 912 g/mol. The van der Waals surface area contributed by atoms with Gasteiger partial charge in [-0.1, -0.05) is 60.6 Å². The smallest absolute Gasteiger partial charge is 0.360 e. The zero-order chi connectivity index (χ0) is 48.9. The van der Waals surface area contributed by atoms with Crippen LogP contribution in [0.4, 0.5) is 4.79 Å². The van der Waals surface area contributed by atoms with Crippen LogP contribution >= 0.6 is 0 Å². The van der Waals surface area contributed by atoms with E-state index in [0.29, 0.717) is 47.7 Å². The fraction of sp³-hybridized carbons (Fsp3) is 0.843. The van der Waals surface area contributed by atoms with Crippen LogP contribution in [0.1, 0.15) is 172 Å². The Morgan fingerprint density at radius 2 is 1.42 bits per heavy atom. The maximum atomic E-state index is 15.1. The number of guanidine groups is 1. The Labute approximate surface area is 388 Å². The van der Waals surface area contributed by atoms with E-state index in [1.165, 1.54) is 18.4 Å². The molecule has 1 heterocycles. The quantitative estimate of drug-likeness (QED) is 0.0402. The van der Waals surface area contributed by atoms with Crippen LogP contribution in [0.15, 0.2) is 12.2 Å². The third-order valence-electron chi connectivity index (χ3n) is 20.0. The van der Waals surface area contributed by atoms with Gasteiger partial charge in [0.2, 0.25) is 12.1 Å². The van der Waals surface area contributed by atoms with E-state index in [0.717, 1.165) is 90.1 Å². The van der Waals surface area contributed by atoms with E-state index in [4.69, 9.17) is 31.2 Å². The fourth-order valence-corrected chi connectivity index (χ4v) is 16.0. The SMILES string of the molecule is C=C(C)[C@@H]1CC[C@]2(C(=O)C[C@@H]3C[C@H](C(=O)N4CCCCC4)C3(C)C)CC[C@]3(C)C(CCC4[C@@]5(C)CC[C@H](OC(=O)CC(C)(C)C(=O)O)C(C)(C)C5CC[C@]43C)C12.N[NH+]=C(N)N.O=C([O-])O. The van der Waals surface area contributed by atoms with Gasteiger partial charge < -0.3 is 29.8 Å². The fourth-order valence-electron chi connectivity index (χ4n) is 16.0. The number of ketones is 1. The summed E-state index contributed by atoms with van der Waals surface area (Å²) in [5, 5.41) is 27.0. The number of carbonyl (C=O) groups excluding carboxylic acids is 3. The first kappa shape index (κ1) is 52.1. The van der Waals surface area contributed by atoms with E-state index in [1.807, 2.05) is 5.10 Å². The molecule has 7 aliphatic rings. The molecule has 1 aliphatic heterocycles. The summed E-state index contributed by atoms with van der Waals surface area (Å²) in [6.07, 6.45) is 13.0. The summed E-state index contributed by atoms with van der Waals surface area (Å²) in [5.41, 5.74) is 9.33. The van der Waals surface area contributed by atoms with Gasteiger partial charge in [-0.15, -0.1) is 0 Å². The molecule has 0 radical (unpaired) electrons. The summed E-state index contributed by atoms with van der Waals surface area (Å²) in [5.74, 6) is 6.59. The second kappa shape index (κ2) is 18.7. The van der Waals surface area contributed by atoms with Gasteiger partial charge in [-0.25, -0.2) is 0 Å². The maximum Gasteiger partial charge on any atom is 0.360 e. The summed E-state index contributed by atoms with van der Waals surface area (Å²) in [7, 11) is 0. The number of aliphatic carboxylic acids is 1. The number of nitrogens with zero attached hydrogens (tertiary/aromatic N) is 1. The Morgan fingerprint density at radius 3 is 1.95 bits per heavy atom. The number of nitrogens with two attached hydrogens (primary N) is 3. The molecular formula is C51H85N5O9. The van der Waals surface area contributed by atoms with Crippen LogP contribution in [0, 0.1) is 79.3 Å². The molecule has 65 heavy (non-hydrogen) atoms. The van der Waals surface area contributed by atoms with Crippen LogP contribution in [0.2, 0.25) is 0 Å². The summed E-state index contributed by atoms with van der Waals surface area (Å²) in [6, 6.07) is 0. The molecule has 12 atom stereocenters. The minimum atomic E-state index is -2.08. The summed E-state index contributed by atoms with van der Waals surface area (Å²) < 4.78 is 6.20. The second-order valence-corrected chi connectivity index (χ2v) is 24.2. The number of fused-ring (bicyclic) bond motifs is 7. The van der Waals surface area contributed by atoms with Gasteiger partial charge >= 0.3 is 17.9 Å². The molecule has 9 N–H and O–H groups in total. The number of hydrazone groups is 1. The Hall–Kier alpha value is -3.84. The largest absolute Gasteiger partial charge is 0.565 e. The number of nitrogens with one attached hydrogen (secondary N) is 1. The molecule has 368 valence electrons. The minimum Gasteiger partial charge on any atom is -0.565 e. The molecule has 0 spiro atoms. The van der Waals surface area contributed by atoms with Gasteiger partial charge in [-0.3, -0.25) is 36.5 Å². The predicted molar refractivity (Wildman–Crippen MR) is 247 cm³/mol. The number of hydrogen-bond acceptors (Lipinski definition) is 8. The number of Topliss-reactive ketones (excluding diaryl/α,β-unsaturated/α-hetero) is 1. The maximum absolute atomic E-state index is 15.1. The number of rotatable bonds is 9. The van der Waals surface area contributed by atoms with Crippen molar-refractivity contribution in [2.45, 2.75) is 178 Å². The van der Waals surface area contributed by atoms with Crippen molar-refractivity contribution in [2.75, 3.05) is 13.1 Å². The van der Waals surface area contributed by atoms with E-state index < -0.39 is 23.5 Å². The molecule has 14 nitrogen and oxygen atoms in total.